The second kappa shape index (κ2) is 8.46. The van der Waals surface area contributed by atoms with E-state index in [1.807, 2.05) is 60.7 Å². The average Bonchev–Trinajstić information content (AvgIpc) is 2.92. The van der Waals surface area contributed by atoms with Gasteiger partial charge in [0.2, 0.25) is 0 Å². The molecule has 0 fully saturated rings. The summed E-state index contributed by atoms with van der Waals surface area (Å²) in [7, 11) is 0. The highest BCUT2D eigenvalue weighted by molar-refractivity contribution is 6.25. The Kier molecular flexibility index (Phi) is 5.01. The molecule has 1 nitrogen and oxygen atoms in total. The van der Waals surface area contributed by atoms with Crippen LogP contribution in [0.15, 0.2) is 133 Å². The Balaban J connectivity index is 1.62. The summed E-state index contributed by atoms with van der Waals surface area (Å²) in [6, 6.07) is 45.1. The van der Waals surface area contributed by atoms with Crippen molar-refractivity contribution in [2.45, 2.75) is 0 Å². The van der Waals surface area contributed by atoms with Crippen LogP contribution in [-0.2, 0) is 0 Å². The lowest BCUT2D eigenvalue weighted by Gasteiger charge is -2.15. The van der Waals surface area contributed by atoms with Gasteiger partial charge in [0.1, 0.15) is 0 Å². The van der Waals surface area contributed by atoms with Gasteiger partial charge in [-0.15, -0.1) is 0 Å². The molecular formula is C33H22O. The zero-order chi connectivity index (χ0) is 22.9. The molecule has 0 bridgehead atoms. The Morgan fingerprint density at radius 2 is 0.765 bits per heavy atom. The number of carbonyl (C=O) groups excluding carboxylic acids is 1. The summed E-state index contributed by atoms with van der Waals surface area (Å²) in [6.07, 6.45) is 0. The predicted octanol–water partition coefficient (Wildman–Crippen LogP) is 8.56. The quantitative estimate of drug-likeness (QED) is 0.254. The second-order valence-electron chi connectivity index (χ2n) is 8.48. The molecule has 0 aliphatic heterocycles. The van der Waals surface area contributed by atoms with Gasteiger partial charge < -0.3 is 0 Å². The number of hydrogen-bond acceptors (Lipinski definition) is 1. The van der Waals surface area contributed by atoms with E-state index in [0.717, 1.165) is 54.9 Å². The number of hydrogen-bond donors (Lipinski definition) is 0. The van der Waals surface area contributed by atoms with Gasteiger partial charge in [-0.3, -0.25) is 4.79 Å². The zero-order valence-corrected chi connectivity index (χ0v) is 18.6. The standard InChI is InChI=1S/C33H22O/c34-33(29-21-9-17-25-15-7-19-27(31(25)29)23-11-3-1-4-12-23)30-22-10-18-26-16-8-20-28(32(26)30)24-13-5-2-6-14-24/h1-22H. The van der Waals surface area contributed by atoms with Crippen LogP contribution in [0.5, 0.6) is 0 Å². The van der Waals surface area contributed by atoms with E-state index >= 15 is 0 Å². The maximum Gasteiger partial charge on any atom is 0.194 e. The van der Waals surface area contributed by atoms with Crippen molar-refractivity contribution in [3.05, 3.63) is 145 Å². The second-order valence-corrected chi connectivity index (χ2v) is 8.48. The monoisotopic (exact) mass is 434 g/mol. The van der Waals surface area contributed by atoms with Crippen LogP contribution in [0.4, 0.5) is 0 Å². The molecule has 1 heteroatoms. The lowest BCUT2D eigenvalue weighted by molar-refractivity contribution is 0.104. The number of carbonyl (C=O) groups is 1. The summed E-state index contributed by atoms with van der Waals surface area (Å²) in [4.78, 5) is 14.2. The SMILES string of the molecule is O=C(c1cccc2cccc(-c3ccccc3)c12)c1cccc2cccc(-c3ccccc3)c12. The molecule has 0 spiro atoms. The highest BCUT2D eigenvalue weighted by atomic mass is 16.1. The molecule has 34 heavy (non-hydrogen) atoms. The van der Waals surface area contributed by atoms with Crippen LogP contribution in [0.3, 0.4) is 0 Å². The van der Waals surface area contributed by atoms with Crippen molar-refractivity contribution in [3.63, 3.8) is 0 Å². The molecule has 0 atom stereocenters. The van der Waals surface area contributed by atoms with E-state index in [2.05, 4.69) is 72.8 Å². The minimum atomic E-state index is 0.0444. The van der Waals surface area contributed by atoms with Crippen molar-refractivity contribution in [2.24, 2.45) is 0 Å². The normalized spacial score (nSPS) is 11.1. The Labute approximate surface area is 198 Å². The summed E-state index contributed by atoms with van der Waals surface area (Å²) < 4.78 is 0. The number of rotatable bonds is 4. The lowest BCUT2D eigenvalue weighted by Crippen LogP contribution is -2.04. The van der Waals surface area contributed by atoms with Crippen LogP contribution in [-0.4, -0.2) is 5.78 Å². The third-order valence-corrected chi connectivity index (χ3v) is 6.47. The molecule has 6 aromatic rings. The van der Waals surface area contributed by atoms with Gasteiger partial charge in [0.25, 0.3) is 0 Å². The average molecular weight is 435 g/mol. The van der Waals surface area contributed by atoms with E-state index in [4.69, 9.17) is 0 Å². The van der Waals surface area contributed by atoms with Crippen LogP contribution >= 0.6 is 0 Å². The van der Waals surface area contributed by atoms with Crippen molar-refractivity contribution < 1.29 is 4.79 Å². The predicted molar refractivity (Wildman–Crippen MR) is 142 cm³/mol. The summed E-state index contributed by atoms with van der Waals surface area (Å²) in [5, 5.41) is 4.12. The third-order valence-electron chi connectivity index (χ3n) is 6.47. The molecule has 6 aromatic carbocycles. The Morgan fingerprint density at radius 3 is 1.18 bits per heavy atom. The van der Waals surface area contributed by atoms with Gasteiger partial charge >= 0.3 is 0 Å². The van der Waals surface area contributed by atoms with Crippen molar-refractivity contribution in [3.8, 4) is 22.3 Å². The van der Waals surface area contributed by atoms with Crippen molar-refractivity contribution >= 4 is 27.3 Å². The Morgan fingerprint density at radius 1 is 0.382 bits per heavy atom. The molecule has 0 N–H and O–H groups in total. The molecule has 6 rings (SSSR count). The van der Waals surface area contributed by atoms with Crippen LogP contribution in [0, 0.1) is 0 Å². The third kappa shape index (κ3) is 3.39. The fourth-order valence-electron chi connectivity index (χ4n) is 4.92. The van der Waals surface area contributed by atoms with E-state index in [9.17, 15) is 4.79 Å². The molecule has 0 saturated carbocycles. The highest BCUT2D eigenvalue weighted by Crippen LogP contribution is 2.36. The number of benzene rings is 6. The van der Waals surface area contributed by atoms with E-state index in [1.165, 1.54) is 0 Å². The zero-order valence-electron chi connectivity index (χ0n) is 18.6. The molecule has 0 aliphatic carbocycles. The molecule has 0 saturated heterocycles. The van der Waals surface area contributed by atoms with E-state index in [-0.39, 0.29) is 5.78 Å². The van der Waals surface area contributed by atoms with Crippen molar-refractivity contribution in [1.29, 1.82) is 0 Å². The fraction of sp³-hybridized carbons (Fsp3) is 0. The van der Waals surface area contributed by atoms with Crippen LogP contribution in [0.1, 0.15) is 15.9 Å². The van der Waals surface area contributed by atoms with Crippen LogP contribution < -0.4 is 0 Å². The van der Waals surface area contributed by atoms with Gasteiger partial charge in [-0.05, 0) is 33.0 Å². The van der Waals surface area contributed by atoms with Gasteiger partial charge in [0.15, 0.2) is 5.78 Å². The van der Waals surface area contributed by atoms with Crippen molar-refractivity contribution in [1.82, 2.24) is 0 Å². The molecular weight excluding hydrogens is 412 g/mol. The first-order valence-corrected chi connectivity index (χ1v) is 11.5. The number of fused-ring (bicyclic) bond motifs is 2. The first-order valence-electron chi connectivity index (χ1n) is 11.5. The van der Waals surface area contributed by atoms with Gasteiger partial charge in [-0.1, -0.05) is 133 Å². The van der Waals surface area contributed by atoms with Crippen molar-refractivity contribution in [2.75, 3.05) is 0 Å². The van der Waals surface area contributed by atoms with Gasteiger partial charge in [0.05, 0.1) is 0 Å². The number of ketones is 1. The fourth-order valence-corrected chi connectivity index (χ4v) is 4.92. The molecule has 0 aromatic heterocycles. The van der Waals surface area contributed by atoms with Crippen LogP contribution in [0.25, 0.3) is 43.8 Å². The minimum absolute atomic E-state index is 0.0444. The van der Waals surface area contributed by atoms with E-state index in [1.54, 1.807) is 0 Å². The van der Waals surface area contributed by atoms with Gasteiger partial charge in [-0.25, -0.2) is 0 Å². The molecule has 0 unspecified atom stereocenters. The Hall–Kier alpha value is -4.49. The van der Waals surface area contributed by atoms with Gasteiger partial charge in [0, 0.05) is 21.9 Å². The maximum absolute atomic E-state index is 14.2. The summed E-state index contributed by atoms with van der Waals surface area (Å²) >= 11 is 0. The minimum Gasteiger partial charge on any atom is -0.289 e. The molecule has 0 aliphatic rings. The lowest BCUT2D eigenvalue weighted by atomic mass is 9.88. The topological polar surface area (TPSA) is 17.1 Å². The summed E-state index contributed by atoms with van der Waals surface area (Å²) in [5.41, 5.74) is 5.82. The summed E-state index contributed by atoms with van der Waals surface area (Å²) in [6.45, 7) is 0. The maximum atomic E-state index is 14.2. The largest absolute Gasteiger partial charge is 0.289 e. The molecule has 0 amide bonds. The molecule has 0 heterocycles. The summed E-state index contributed by atoms with van der Waals surface area (Å²) in [5.74, 6) is 0.0444. The first kappa shape index (κ1) is 20.1. The van der Waals surface area contributed by atoms with Crippen LogP contribution in [0.2, 0.25) is 0 Å². The highest BCUT2D eigenvalue weighted by Gasteiger charge is 2.19. The first-order chi connectivity index (χ1) is 16.8. The molecule has 0 radical (unpaired) electrons. The van der Waals surface area contributed by atoms with E-state index in [0.29, 0.717) is 0 Å². The van der Waals surface area contributed by atoms with E-state index < -0.39 is 0 Å². The molecule has 160 valence electrons. The van der Waals surface area contributed by atoms with Gasteiger partial charge in [-0.2, -0.15) is 0 Å². The smallest absolute Gasteiger partial charge is 0.194 e. The Bertz CT molecular complexity index is 1510.